The number of anilines is 1. The molecule has 0 spiro atoms. The van der Waals surface area contributed by atoms with E-state index in [0.717, 1.165) is 6.07 Å². The van der Waals surface area contributed by atoms with Gasteiger partial charge in [-0.15, -0.1) is 0 Å². The molecule has 2 aromatic carbocycles. The van der Waals surface area contributed by atoms with Gasteiger partial charge in [-0.25, -0.2) is 9.18 Å². The number of carbonyl (C=O) groups is 1. The second-order valence-corrected chi connectivity index (χ2v) is 8.55. The molecule has 1 heterocycles. The summed E-state index contributed by atoms with van der Waals surface area (Å²) in [5.41, 5.74) is -0.346. The standard InChI is InChI=1S/C22H22F4N2O3/c1-21(2)10-18(12-4-3-5-15(19(12)31-21)22(24,25)26)28-20(30)27-17-7-6-16(23)13-8-11(29)9-14(13)17/h3-7,11,18,29H,8-10H2,1-2H3,(H2,27,28,30)/t11-,18-/m1/s1. The van der Waals surface area contributed by atoms with Crippen molar-refractivity contribution in [3.63, 3.8) is 0 Å². The van der Waals surface area contributed by atoms with E-state index in [2.05, 4.69) is 10.6 Å². The molecule has 166 valence electrons. The first kappa shape index (κ1) is 21.4. The molecule has 0 unspecified atom stereocenters. The van der Waals surface area contributed by atoms with E-state index in [1.165, 1.54) is 24.3 Å². The first-order valence-corrected chi connectivity index (χ1v) is 9.89. The Morgan fingerprint density at radius 2 is 1.87 bits per heavy atom. The second-order valence-electron chi connectivity index (χ2n) is 8.55. The van der Waals surface area contributed by atoms with Gasteiger partial charge in [-0.1, -0.05) is 12.1 Å². The smallest absolute Gasteiger partial charge is 0.419 e. The molecule has 0 saturated carbocycles. The number of aliphatic hydroxyl groups excluding tert-OH is 1. The van der Waals surface area contributed by atoms with Crippen LogP contribution in [-0.2, 0) is 19.0 Å². The molecule has 0 fully saturated rings. The zero-order valence-electron chi connectivity index (χ0n) is 16.9. The van der Waals surface area contributed by atoms with Crippen molar-refractivity contribution in [2.75, 3.05) is 5.32 Å². The summed E-state index contributed by atoms with van der Waals surface area (Å²) in [6.07, 6.45) is -4.68. The van der Waals surface area contributed by atoms with E-state index < -0.39 is 41.3 Å². The molecule has 2 amide bonds. The summed E-state index contributed by atoms with van der Waals surface area (Å²) in [4.78, 5) is 12.7. The van der Waals surface area contributed by atoms with Crippen LogP contribution in [-0.4, -0.2) is 22.8 Å². The molecular weight excluding hydrogens is 416 g/mol. The van der Waals surface area contributed by atoms with Gasteiger partial charge >= 0.3 is 12.2 Å². The molecule has 1 aliphatic heterocycles. The van der Waals surface area contributed by atoms with Gasteiger partial charge in [-0.05, 0) is 43.2 Å². The Morgan fingerprint density at radius 1 is 1.16 bits per heavy atom. The third-order valence-electron chi connectivity index (χ3n) is 5.61. The first-order chi connectivity index (χ1) is 14.4. The Labute approximate surface area is 176 Å². The van der Waals surface area contributed by atoms with E-state index in [9.17, 15) is 27.5 Å². The summed E-state index contributed by atoms with van der Waals surface area (Å²) in [6, 6.07) is 5.00. The highest BCUT2D eigenvalue weighted by molar-refractivity contribution is 5.91. The van der Waals surface area contributed by atoms with E-state index in [4.69, 9.17) is 4.74 Å². The van der Waals surface area contributed by atoms with Gasteiger partial charge in [0.2, 0.25) is 0 Å². The van der Waals surface area contributed by atoms with E-state index in [1.807, 2.05) is 0 Å². The number of hydrogen-bond acceptors (Lipinski definition) is 3. The van der Waals surface area contributed by atoms with Gasteiger partial charge in [-0.3, -0.25) is 0 Å². The zero-order chi connectivity index (χ0) is 22.6. The van der Waals surface area contributed by atoms with Gasteiger partial charge in [0.15, 0.2) is 0 Å². The quantitative estimate of drug-likeness (QED) is 0.594. The summed E-state index contributed by atoms with van der Waals surface area (Å²) >= 11 is 0. The minimum atomic E-state index is -4.60. The van der Waals surface area contributed by atoms with Crippen molar-refractivity contribution in [1.82, 2.24) is 5.32 Å². The number of ether oxygens (including phenoxy) is 1. The molecule has 2 atom stereocenters. The number of fused-ring (bicyclic) bond motifs is 2. The summed E-state index contributed by atoms with van der Waals surface area (Å²) < 4.78 is 60.0. The molecule has 3 N–H and O–H groups in total. The summed E-state index contributed by atoms with van der Waals surface area (Å²) in [5, 5.41) is 15.2. The van der Waals surface area contributed by atoms with Crippen LogP contribution in [0.1, 0.15) is 48.6 Å². The number of alkyl halides is 3. The highest BCUT2D eigenvalue weighted by Gasteiger charge is 2.42. The van der Waals surface area contributed by atoms with Crippen molar-refractivity contribution in [3.05, 3.63) is 58.4 Å². The minimum Gasteiger partial charge on any atom is -0.487 e. The second kappa shape index (κ2) is 7.40. The third-order valence-corrected chi connectivity index (χ3v) is 5.61. The average molecular weight is 438 g/mol. The highest BCUT2D eigenvalue weighted by atomic mass is 19.4. The van der Waals surface area contributed by atoms with Crippen LogP contribution in [0.5, 0.6) is 5.75 Å². The van der Waals surface area contributed by atoms with Gasteiger partial charge in [0.1, 0.15) is 17.2 Å². The van der Waals surface area contributed by atoms with E-state index in [0.29, 0.717) is 16.8 Å². The topological polar surface area (TPSA) is 70.6 Å². The molecule has 0 aromatic heterocycles. The average Bonchev–Trinajstić information content (AvgIpc) is 3.04. The summed E-state index contributed by atoms with van der Waals surface area (Å²) in [6.45, 7) is 3.31. The molecule has 31 heavy (non-hydrogen) atoms. The fourth-order valence-electron chi connectivity index (χ4n) is 4.31. The van der Waals surface area contributed by atoms with Crippen LogP contribution < -0.4 is 15.4 Å². The molecule has 0 radical (unpaired) electrons. The maximum Gasteiger partial charge on any atom is 0.419 e. The number of urea groups is 1. The molecule has 0 saturated heterocycles. The Kier molecular flexibility index (Phi) is 5.12. The van der Waals surface area contributed by atoms with Crippen molar-refractivity contribution in [3.8, 4) is 5.75 Å². The maximum atomic E-state index is 14.0. The fourth-order valence-corrected chi connectivity index (χ4v) is 4.31. The first-order valence-electron chi connectivity index (χ1n) is 9.89. The predicted molar refractivity (Wildman–Crippen MR) is 105 cm³/mol. The molecule has 4 rings (SSSR count). The lowest BCUT2D eigenvalue weighted by atomic mass is 9.88. The van der Waals surface area contributed by atoms with Gasteiger partial charge < -0.3 is 20.5 Å². The number of benzene rings is 2. The largest absolute Gasteiger partial charge is 0.487 e. The molecule has 2 aliphatic rings. The number of halogens is 4. The number of aliphatic hydroxyl groups is 1. The van der Waals surface area contributed by atoms with Crippen LogP contribution in [0.3, 0.4) is 0 Å². The van der Waals surface area contributed by atoms with Crippen LogP contribution in [0.4, 0.5) is 28.0 Å². The fraction of sp³-hybridized carbons (Fsp3) is 0.409. The number of amides is 2. The van der Waals surface area contributed by atoms with Crippen LogP contribution >= 0.6 is 0 Å². The van der Waals surface area contributed by atoms with Crippen molar-refractivity contribution in [2.45, 2.75) is 57.0 Å². The van der Waals surface area contributed by atoms with E-state index >= 15 is 0 Å². The van der Waals surface area contributed by atoms with E-state index in [-0.39, 0.29) is 30.6 Å². The number of nitrogens with one attached hydrogen (secondary N) is 2. The van der Waals surface area contributed by atoms with Crippen LogP contribution in [0.15, 0.2) is 30.3 Å². The third kappa shape index (κ3) is 4.19. The minimum absolute atomic E-state index is 0.167. The van der Waals surface area contributed by atoms with Gasteiger partial charge in [0.25, 0.3) is 0 Å². The zero-order valence-corrected chi connectivity index (χ0v) is 16.9. The molecular formula is C22H22F4N2O3. The van der Waals surface area contributed by atoms with Crippen molar-refractivity contribution in [1.29, 1.82) is 0 Å². The van der Waals surface area contributed by atoms with Crippen molar-refractivity contribution in [2.24, 2.45) is 0 Å². The molecule has 0 bridgehead atoms. The number of hydrogen-bond donors (Lipinski definition) is 3. The van der Waals surface area contributed by atoms with Gasteiger partial charge in [0, 0.05) is 30.5 Å². The summed E-state index contributed by atoms with van der Waals surface area (Å²) in [7, 11) is 0. The van der Waals surface area contributed by atoms with Gasteiger partial charge in [0.05, 0.1) is 17.7 Å². The Hall–Kier alpha value is -2.81. The van der Waals surface area contributed by atoms with Crippen LogP contribution in [0.25, 0.3) is 0 Å². The Morgan fingerprint density at radius 3 is 2.58 bits per heavy atom. The lowest BCUT2D eigenvalue weighted by molar-refractivity contribution is -0.140. The Balaban J connectivity index is 1.60. The molecule has 1 aliphatic carbocycles. The predicted octanol–water partition coefficient (Wildman–Crippen LogP) is 4.73. The SMILES string of the molecule is CC1(C)C[C@@H](NC(=O)Nc2ccc(F)c3c2C[C@H](O)C3)c2cccc(C(F)(F)F)c2O1. The summed E-state index contributed by atoms with van der Waals surface area (Å²) in [5.74, 6) is -0.736. The number of carbonyl (C=O) groups excluding carboxylic acids is 1. The number of para-hydroxylation sites is 1. The lowest BCUT2D eigenvalue weighted by Gasteiger charge is -2.39. The normalized spacial score (nSPS) is 21.6. The monoisotopic (exact) mass is 438 g/mol. The number of rotatable bonds is 2. The Bertz CT molecular complexity index is 1040. The molecule has 9 heteroatoms. The van der Waals surface area contributed by atoms with Crippen molar-refractivity contribution < 1.29 is 32.2 Å². The van der Waals surface area contributed by atoms with E-state index in [1.54, 1.807) is 13.8 Å². The lowest BCUT2D eigenvalue weighted by Crippen LogP contribution is -2.43. The highest BCUT2D eigenvalue weighted by Crippen LogP contribution is 2.46. The van der Waals surface area contributed by atoms with Crippen LogP contribution in [0, 0.1) is 5.82 Å². The molecule has 5 nitrogen and oxygen atoms in total. The maximum absolute atomic E-state index is 14.0. The van der Waals surface area contributed by atoms with Crippen molar-refractivity contribution >= 4 is 11.7 Å². The molecule has 2 aromatic rings. The van der Waals surface area contributed by atoms with Gasteiger partial charge in [-0.2, -0.15) is 13.2 Å². The van der Waals surface area contributed by atoms with Crippen LogP contribution in [0.2, 0.25) is 0 Å².